The number of rotatable bonds is 53. The number of anilines is 16. The highest BCUT2D eigenvalue weighted by atomic mass is 32.2. The average molecular weight is 2050 g/mol. The second-order valence-corrected chi connectivity index (χ2v) is 40.4. The third-order valence-corrected chi connectivity index (χ3v) is 29.1. The standard InChI is InChI=1S/C82H92N26O26S6/c1-133-75(117)61-43-51(91-63-21-17-53(45-65(63)139(127,128)129)97-81-101-77(93-47-7-3-11-55(39-47)135(119,120)105(31-23-67(83)109)32-24-68(84)110)99-78(102-81)94-48-8-4-12-56(40-48)136(121,122)106(33-25-69(85)111)34-26-70(86)112)15-19-59(61)60-20-16-52(44-62(60)76(118)134-2)92-64-22-18-54(46-66(64)140(130,131)132)98-82-103-79(95-49-9-5-13-57(41-49)137(123,124)107(35-27-71(87)113)36-28-72(88)114)100-80(104-82)96-50-10-6-14-58(42-50)138(125,126)108(37-29-73(89)115)38-30-74(90)116/h3-22,39-46,91-92H,23-38H2,1-2H3,(H2,83,109)(H2,84,110)(H2,85,111)(H2,86,112)(H2,87,113)(H2,88,114)(H2,89,115)(H2,90,116)(H,127,128,129)(H,130,131,132)(H3,93,94,97,99,101,102)(H3,95,96,98,100,103,104)/p-2. The van der Waals surface area contributed by atoms with E-state index in [1.807, 2.05) is 0 Å². The quantitative estimate of drug-likeness (QED) is 0.0191. The Morgan fingerprint density at radius 3 is 0.657 bits per heavy atom. The summed E-state index contributed by atoms with van der Waals surface area (Å²) in [6.07, 6.45) is -3.54. The second-order valence-electron chi connectivity index (χ2n) is 29.9. The van der Waals surface area contributed by atoms with Gasteiger partial charge in [0.25, 0.3) is 0 Å². The SMILES string of the molecule is COC(=O)c1cc(Nc2ccc(Nc3nc(Nc4cccc(S(=O)(=O)N(CCC(N)=O)CCC(N)=O)c4)nc(Nc4cccc(S(=O)(=O)N(CCC(N)=O)CCC(N)=O)c4)n3)cc2S(=O)(=O)[O-])ccc1-c1ccc(Nc2ccc(Nc3nc(Nc4cccc(S(=O)(=O)N(CCC(N)=O)CCC(N)=O)c4)nc(Nc4cccc(S(=O)(=O)N(CCC(N)=O)CCC(N)=O)c4)n3)cc2S(=O)(=O)[O-])cc1C(=O)OC. The van der Waals surface area contributed by atoms with Gasteiger partial charge in [0.1, 0.15) is 20.2 Å². The third kappa shape index (κ3) is 29.2. The zero-order valence-electron chi connectivity index (χ0n) is 73.6. The van der Waals surface area contributed by atoms with Crippen molar-refractivity contribution >= 4 is 212 Å². The van der Waals surface area contributed by atoms with Crippen molar-refractivity contribution < 1.29 is 117 Å². The number of primary amides is 8. The highest BCUT2D eigenvalue weighted by molar-refractivity contribution is 7.90. The number of hydrogen-bond donors (Lipinski definition) is 16. The number of nitrogens with two attached hydrogens (primary N) is 8. The van der Waals surface area contributed by atoms with Crippen LogP contribution in [0.1, 0.15) is 72.1 Å². The number of amides is 8. The molecule has 24 N–H and O–H groups in total. The maximum Gasteiger partial charge on any atom is 0.338 e. The maximum absolute atomic E-state index is 14.1. The van der Waals surface area contributed by atoms with Crippen LogP contribution in [0.3, 0.4) is 0 Å². The van der Waals surface area contributed by atoms with Crippen LogP contribution in [0.5, 0.6) is 0 Å². The van der Waals surface area contributed by atoms with Gasteiger partial charge in [-0.1, -0.05) is 36.4 Å². The molecule has 0 bridgehead atoms. The van der Waals surface area contributed by atoms with Gasteiger partial charge >= 0.3 is 11.9 Å². The molecule has 8 aromatic carbocycles. The molecule has 0 aliphatic carbocycles. The molecule has 58 heteroatoms. The zero-order valence-corrected chi connectivity index (χ0v) is 78.5. The van der Waals surface area contributed by atoms with Gasteiger partial charge in [0.2, 0.25) is 123 Å². The van der Waals surface area contributed by atoms with E-state index < -0.39 is 280 Å². The van der Waals surface area contributed by atoms with Crippen molar-refractivity contribution in [2.45, 2.75) is 80.7 Å². The fourth-order valence-electron chi connectivity index (χ4n) is 13.1. The van der Waals surface area contributed by atoms with Crippen LogP contribution in [0.25, 0.3) is 11.1 Å². The normalized spacial score (nSPS) is 11.9. The predicted octanol–water partition coefficient (Wildman–Crippen LogP) is 2.02. The van der Waals surface area contributed by atoms with E-state index in [1.165, 1.54) is 109 Å². The lowest BCUT2D eigenvalue weighted by Gasteiger charge is -2.21. The molecule has 10 rings (SSSR count). The van der Waals surface area contributed by atoms with Gasteiger partial charge < -0.3 is 107 Å². The molecular weight excluding hydrogens is 1960 g/mol. The lowest BCUT2D eigenvalue weighted by atomic mass is 9.94. The molecule has 0 saturated carbocycles. The minimum absolute atomic E-state index is 0.0320. The fourth-order valence-corrected chi connectivity index (χ4v) is 20.4. The molecule has 2 heterocycles. The molecule has 2 aromatic heterocycles. The van der Waals surface area contributed by atoms with Gasteiger partial charge in [0.05, 0.1) is 66.1 Å². The Kier molecular flexibility index (Phi) is 35.0. The lowest BCUT2D eigenvalue weighted by Crippen LogP contribution is -2.36. The summed E-state index contributed by atoms with van der Waals surface area (Å²) in [5.74, 6) is -11.6. The second kappa shape index (κ2) is 46.0. The molecule has 0 unspecified atom stereocenters. The number of carbonyl (C=O) groups excluding carboxylic acids is 10. The van der Waals surface area contributed by atoms with E-state index in [0.29, 0.717) is 0 Å². The van der Waals surface area contributed by atoms with Crippen LogP contribution in [-0.2, 0) is 108 Å². The Hall–Kier alpha value is -15.7. The number of esters is 2. The first kappa shape index (κ1) is 106. The smallest absolute Gasteiger partial charge is 0.338 e. The Balaban J connectivity index is 0.962. The number of ether oxygens (including phenoxy) is 2. The van der Waals surface area contributed by atoms with Crippen LogP contribution in [0.15, 0.2) is 199 Å². The van der Waals surface area contributed by atoms with Crippen LogP contribution in [0, 0.1) is 0 Å². The molecule has 140 heavy (non-hydrogen) atoms. The number of methoxy groups -OCH3 is 2. The van der Waals surface area contributed by atoms with Gasteiger partial charge in [-0.25, -0.2) is 60.1 Å². The maximum atomic E-state index is 14.1. The Morgan fingerprint density at radius 1 is 0.271 bits per heavy atom. The van der Waals surface area contributed by atoms with Gasteiger partial charge in [0.15, 0.2) is 0 Å². The molecule has 742 valence electrons. The number of sulfonamides is 4. The molecule has 0 fully saturated rings. The number of aromatic nitrogens is 6. The molecular formula is C82H90N26O26S6-2. The lowest BCUT2D eigenvalue weighted by molar-refractivity contribution is -0.119. The Labute approximate surface area is 799 Å². The van der Waals surface area contributed by atoms with E-state index in [2.05, 4.69) is 72.4 Å². The number of benzene rings is 8. The summed E-state index contributed by atoms with van der Waals surface area (Å²) in [4.78, 5) is 145. The summed E-state index contributed by atoms with van der Waals surface area (Å²) >= 11 is 0. The van der Waals surface area contributed by atoms with Crippen LogP contribution < -0.4 is 88.4 Å². The van der Waals surface area contributed by atoms with Crippen LogP contribution in [0.4, 0.5) is 92.6 Å². The van der Waals surface area contributed by atoms with Gasteiger partial charge in [-0.05, 0) is 145 Å². The van der Waals surface area contributed by atoms with Crippen molar-refractivity contribution in [3.63, 3.8) is 0 Å². The molecule has 0 radical (unpaired) electrons. The zero-order chi connectivity index (χ0) is 103. The van der Waals surface area contributed by atoms with Crippen molar-refractivity contribution in [2.75, 3.05) is 109 Å². The van der Waals surface area contributed by atoms with Gasteiger partial charge in [-0.15, -0.1) is 0 Å². The van der Waals surface area contributed by atoms with Crippen LogP contribution in [-0.4, -0.2) is 233 Å². The molecule has 0 aliphatic heterocycles. The molecule has 8 amide bonds. The van der Waals surface area contributed by atoms with Gasteiger partial charge in [-0.3, -0.25) is 38.4 Å². The first-order valence-electron chi connectivity index (χ1n) is 40.9. The summed E-state index contributed by atoms with van der Waals surface area (Å²) in [6.45, 7) is -3.58. The topological polar surface area (TPSA) is 835 Å². The molecule has 0 saturated heterocycles. The average Bonchev–Trinajstić information content (AvgIpc) is 0.775. The number of nitrogens with one attached hydrogen (secondary N) is 8. The summed E-state index contributed by atoms with van der Waals surface area (Å²) in [5.41, 5.74) is 40.3. The third-order valence-electron chi connectivity index (χ3n) is 19.8. The molecule has 0 atom stereocenters. The minimum Gasteiger partial charge on any atom is -0.744 e. The Morgan fingerprint density at radius 2 is 0.464 bits per heavy atom. The fraction of sp³-hybridized carbons (Fsp3) is 0.220. The van der Waals surface area contributed by atoms with Crippen LogP contribution in [0.2, 0.25) is 0 Å². The number of nitrogens with zero attached hydrogens (tertiary/aromatic N) is 10. The largest absolute Gasteiger partial charge is 0.744 e. The number of hydrogen-bond acceptors (Lipinski definition) is 40. The van der Waals surface area contributed by atoms with Crippen molar-refractivity contribution in [2.24, 2.45) is 45.9 Å². The number of carbonyl (C=O) groups is 10. The highest BCUT2D eigenvalue weighted by Gasteiger charge is 2.33. The summed E-state index contributed by atoms with van der Waals surface area (Å²) < 4.78 is 207. The van der Waals surface area contributed by atoms with E-state index in [0.717, 1.165) is 92.1 Å². The molecule has 10 aromatic rings. The highest BCUT2D eigenvalue weighted by Crippen LogP contribution is 2.39. The van der Waals surface area contributed by atoms with E-state index in [9.17, 15) is 108 Å². The predicted molar refractivity (Wildman–Crippen MR) is 501 cm³/mol. The van der Waals surface area contributed by atoms with Crippen molar-refractivity contribution in [3.05, 3.63) is 181 Å². The van der Waals surface area contributed by atoms with E-state index >= 15 is 0 Å². The first-order chi connectivity index (χ1) is 65.9. The summed E-state index contributed by atoms with van der Waals surface area (Å²) in [5, 5.41) is 22.5. The van der Waals surface area contributed by atoms with Gasteiger partial charge in [-0.2, -0.15) is 47.1 Å². The summed E-state index contributed by atoms with van der Waals surface area (Å²) in [6, 6.07) is 33.8. The minimum atomic E-state index is -5.54. The van der Waals surface area contributed by atoms with Gasteiger partial charge in [0, 0.05) is 149 Å². The van der Waals surface area contributed by atoms with Crippen molar-refractivity contribution in [1.29, 1.82) is 0 Å². The molecule has 0 spiro atoms. The van der Waals surface area contributed by atoms with E-state index in [-0.39, 0.29) is 87.3 Å². The van der Waals surface area contributed by atoms with E-state index in [1.54, 1.807) is 0 Å². The monoisotopic (exact) mass is 2050 g/mol. The van der Waals surface area contributed by atoms with Crippen molar-refractivity contribution in [3.8, 4) is 11.1 Å². The molecule has 0 aliphatic rings. The first-order valence-corrected chi connectivity index (χ1v) is 49.5. The van der Waals surface area contributed by atoms with E-state index in [4.69, 9.17) is 55.3 Å². The van der Waals surface area contributed by atoms with Crippen LogP contribution >= 0.6 is 0 Å². The Bertz CT molecular complexity index is 6480. The van der Waals surface area contributed by atoms with Crippen molar-refractivity contribution in [1.82, 2.24) is 47.1 Å². The molecule has 52 nitrogen and oxygen atoms in total. The summed E-state index contributed by atoms with van der Waals surface area (Å²) in [7, 11) is -27.2.